The van der Waals surface area contributed by atoms with Gasteiger partial charge in [-0.2, -0.15) is 0 Å². The highest BCUT2D eigenvalue weighted by Gasteiger charge is 2.39. The standard InChI is InChI=1S/C24H43NO8Si/c1-6-31-34(32-7-2,33-8-3)17-9-14-25-18-21(26)19-29-15-16-30-22-12-10-20(11-13-22)23(27)24(4,5)28/h10-13,21,25-26,28H,6-9,14-19H2,1-5H3. The van der Waals surface area contributed by atoms with Gasteiger partial charge in [-0.15, -0.1) is 0 Å². The lowest BCUT2D eigenvalue weighted by Crippen LogP contribution is -2.46. The predicted octanol–water partition coefficient (Wildman–Crippen LogP) is 2.42. The fourth-order valence-corrected chi connectivity index (χ4v) is 5.86. The molecule has 0 spiro atoms. The first-order valence-corrected chi connectivity index (χ1v) is 14.0. The largest absolute Gasteiger partial charge is 0.500 e. The van der Waals surface area contributed by atoms with E-state index in [2.05, 4.69) is 5.32 Å². The molecule has 0 saturated heterocycles. The van der Waals surface area contributed by atoms with E-state index in [4.69, 9.17) is 22.8 Å². The van der Waals surface area contributed by atoms with Crippen LogP contribution >= 0.6 is 0 Å². The number of carbonyl (C=O) groups is 1. The van der Waals surface area contributed by atoms with E-state index < -0.39 is 20.5 Å². The zero-order valence-electron chi connectivity index (χ0n) is 21.3. The molecule has 0 radical (unpaired) electrons. The van der Waals surface area contributed by atoms with E-state index in [1.165, 1.54) is 13.8 Å². The number of aliphatic hydroxyl groups is 2. The highest BCUT2D eigenvalue weighted by molar-refractivity contribution is 6.60. The number of ketones is 1. The smallest absolute Gasteiger partial charge is 0.491 e. The second-order valence-electron chi connectivity index (χ2n) is 8.28. The summed E-state index contributed by atoms with van der Waals surface area (Å²) in [4.78, 5) is 12.0. The second kappa shape index (κ2) is 16.3. The van der Waals surface area contributed by atoms with Gasteiger partial charge in [0, 0.05) is 38.0 Å². The predicted molar refractivity (Wildman–Crippen MR) is 132 cm³/mol. The Morgan fingerprint density at radius 1 is 1.03 bits per heavy atom. The van der Waals surface area contributed by atoms with Crippen molar-refractivity contribution < 1.29 is 37.8 Å². The summed E-state index contributed by atoms with van der Waals surface area (Å²) >= 11 is 0. The van der Waals surface area contributed by atoms with E-state index >= 15 is 0 Å². The van der Waals surface area contributed by atoms with Crippen molar-refractivity contribution >= 4 is 14.6 Å². The van der Waals surface area contributed by atoms with Gasteiger partial charge in [0.05, 0.1) is 19.3 Å². The zero-order chi connectivity index (χ0) is 25.5. The molecule has 1 aromatic carbocycles. The summed E-state index contributed by atoms with van der Waals surface area (Å²) in [5.74, 6) is 0.258. The fraction of sp³-hybridized carbons (Fsp3) is 0.708. The third kappa shape index (κ3) is 11.9. The van der Waals surface area contributed by atoms with E-state index in [0.717, 1.165) is 12.5 Å². The van der Waals surface area contributed by atoms with E-state index in [-0.39, 0.29) is 12.4 Å². The van der Waals surface area contributed by atoms with Gasteiger partial charge in [0.1, 0.15) is 18.0 Å². The maximum absolute atomic E-state index is 12.0. The minimum absolute atomic E-state index is 0.199. The van der Waals surface area contributed by atoms with Gasteiger partial charge in [-0.3, -0.25) is 4.79 Å². The molecule has 1 atom stereocenters. The van der Waals surface area contributed by atoms with Crippen molar-refractivity contribution in [2.45, 2.75) is 58.8 Å². The van der Waals surface area contributed by atoms with Crippen molar-refractivity contribution in [3.63, 3.8) is 0 Å². The number of hydrogen-bond acceptors (Lipinski definition) is 9. The van der Waals surface area contributed by atoms with Crippen LogP contribution in [0.1, 0.15) is 51.4 Å². The first kappa shape index (κ1) is 30.7. The normalized spacial score (nSPS) is 13.1. The van der Waals surface area contributed by atoms with Gasteiger partial charge in [-0.1, -0.05) is 0 Å². The lowest BCUT2D eigenvalue weighted by molar-refractivity contribution is 0.0251. The molecule has 0 aliphatic heterocycles. The van der Waals surface area contributed by atoms with Crippen LogP contribution in [-0.2, 0) is 18.0 Å². The van der Waals surface area contributed by atoms with Crippen LogP contribution in [0.25, 0.3) is 0 Å². The van der Waals surface area contributed by atoms with Crippen LogP contribution in [0.2, 0.25) is 6.04 Å². The number of rotatable bonds is 20. The first-order valence-electron chi connectivity index (χ1n) is 12.1. The fourth-order valence-electron chi connectivity index (χ4n) is 3.25. The van der Waals surface area contributed by atoms with Crippen molar-refractivity contribution in [2.75, 3.05) is 52.7 Å². The van der Waals surface area contributed by atoms with Gasteiger partial charge in [0.25, 0.3) is 0 Å². The van der Waals surface area contributed by atoms with Gasteiger partial charge < -0.3 is 38.3 Å². The third-order valence-corrected chi connectivity index (χ3v) is 7.94. The van der Waals surface area contributed by atoms with Crippen molar-refractivity contribution in [3.8, 4) is 5.75 Å². The molecule has 0 amide bonds. The van der Waals surface area contributed by atoms with Crippen LogP contribution in [0.15, 0.2) is 24.3 Å². The maximum Gasteiger partial charge on any atom is 0.500 e. The molecule has 3 N–H and O–H groups in total. The Morgan fingerprint density at radius 2 is 1.62 bits per heavy atom. The van der Waals surface area contributed by atoms with Gasteiger partial charge >= 0.3 is 8.80 Å². The Morgan fingerprint density at radius 3 is 2.15 bits per heavy atom. The first-order chi connectivity index (χ1) is 16.2. The van der Waals surface area contributed by atoms with Crippen LogP contribution in [-0.4, -0.2) is 89.2 Å². The summed E-state index contributed by atoms with van der Waals surface area (Å²) in [5.41, 5.74) is -0.984. The molecule has 9 nitrogen and oxygen atoms in total. The summed E-state index contributed by atoms with van der Waals surface area (Å²) in [6, 6.07) is 7.33. The van der Waals surface area contributed by atoms with Crippen molar-refractivity contribution in [2.24, 2.45) is 0 Å². The monoisotopic (exact) mass is 501 g/mol. The number of nitrogens with one attached hydrogen (secondary N) is 1. The number of hydrogen-bond donors (Lipinski definition) is 3. The molecule has 0 aliphatic carbocycles. The van der Waals surface area contributed by atoms with Crippen molar-refractivity contribution in [1.29, 1.82) is 0 Å². The van der Waals surface area contributed by atoms with Crippen LogP contribution < -0.4 is 10.1 Å². The van der Waals surface area contributed by atoms with Crippen LogP contribution in [0.4, 0.5) is 0 Å². The number of aliphatic hydroxyl groups excluding tert-OH is 1. The summed E-state index contributed by atoms with van der Waals surface area (Å²) in [6.07, 6.45) is 0.202. The van der Waals surface area contributed by atoms with Gasteiger partial charge in [0.2, 0.25) is 0 Å². The molecule has 0 aromatic heterocycles. The molecule has 0 bridgehead atoms. The number of Topliss-reactive ketones (excluding diaryl/α,β-unsaturated/α-hetero) is 1. The van der Waals surface area contributed by atoms with Crippen molar-refractivity contribution in [1.82, 2.24) is 5.32 Å². The lowest BCUT2D eigenvalue weighted by atomic mass is 9.97. The molecule has 1 unspecified atom stereocenters. The molecule has 0 fully saturated rings. The average Bonchev–Trinajstić information content (AvgIpc) is 2.78. The maximum atomic E-state index is 12.0. The van der Waals surface area contributed by atoms with Crippen LogP contribution in [0, 0.1) is 0 Å². The summed E-state index contributed by atoms with van der Waals surface area (Å²) in [6.45, 7) is 12.4. The second-order valence-corrected chi connectivity index (χ2v) is 11.0. The number of benzene rings is 1. The lowest BCUT2D eigenvalue weighted by Gasteiger charge is -2.28. The van der Waals surface area contributed by atoms with Crippen LogP contribution in [0.3, 0.4) is 0 Å². The topological polar surface area (TPSA) is 116 Å². The minimum Gasteiger partial charge on any atom is -0.491 e. The van der Waals surface area contributed by atoms with Gasteiger partial charge in [0.15, 0.2) is 5.78 Å². The Labute approximate surface area is 205 Å². The molecule has 1 rings (SSSR count). The third-order valence-electron chi connectivity index (χ3n) is 4.79. The van der Waals surface area contributed by atoms with Gasteiger partial charge in [-0.05, 0) is 71.8 Å². The SMILES string of the molecule is CCO[Si](CCCNCC(O)COCCOc1ccc(C(=O)C(C)(C)O)cc1)(OCC)OCC. The molecule has 34 heavy (non-hydrogen) atoms. The van der Waals surface area contributed by atoms with Gasteiger partial charge in [-0.25, -0.2) is 0 Å². The Hall–Kier alpha value is -1.37. The molecule has 10 heteroatoms. The summed E-state index contributed by atoms with van der Waals surface area (Å²) in [7, 11) is -2.62. The summed E-state index contributed by atoms with van der Waals surface area (Å²) < 4.78 is 28.6. The van der Waals surface area contributed by atoms with E-state index in [9.17, 15) is 15.0 Å². The molecular weight excluding hydrogens is 458 g/mol. The number of ether oxygens (including phenoxy) is 2. The molecule has 0 aliphatic rings. The Kier molecular flexibility index (Phi) is 14.7. The highest BCUT2D eigenvalue weighted by Crippen LogP contribution is 2.18. The molecular formula is C24H43NO8Si. The average molecular weight is 502 g/mol. The number of carbonyl (C=O) groups excluding carboxylic acids is 1. The Bertz CT molecular complexity index is 664. The zero-order valence-corrected chi connectivity index (χ0v) is 22.3. The van der Waals surface area contributed by atoms with Crippen LogP contribution in [0.5, 0.6) is 5.75 Å². The summed E-state index contributed by atoms with van der Waals surface area (Å²) in [5, 5.41) is 23.1. The van der Waals surface area contributed by atoms with Crippen molar-refractivity contribution in [3.05, 3.63) is 29.8 Å². The van der Waals surface area contributed by atoms with E-state index in [1.807, 2.05) is 20.8 Å². The van der Waals surface area contributed by atoms with E-state index in [1.54, 1.807) is 24.3 Å². The highest BCUT2D eigenvalue weighted by atomic mass is 28.4. The van der Waals surface area contributed by atoms with E-state index in [0.29, 0.717) is 57.4 Å². The quantitative estimate of drug-likeness (QED) is 0.141. The minimum atomic E-state index is -2.62. The molecule has 196 valence electrons. The molecule has 0 heterocycles. The Balaban J connectivity index is 2.19. The molecule has 0 saturated carbocycles. The molecule has 1 aromatic rings.